The van der Waals surface area contributed by atoms with E-state index in [1.54, 1.807) is 0 Å². The highest BCUT2D eigenvalue weighted by atomic mass is 32.2. The van der Waals surface area contributed by atoms with Crippen molar-refractivity contribution in [3.05, 3.63) is 0 Å². The molecular formula is C8H11F3O2S. The molecule has 0 aromatic heterocycles. The third kappa shape index (κ3) is 3.08. The van der Waals surface area contributed by atoms with Crippen LogP contribution in [-0.4, -0.2) is 27.8 Å². The summed E-state index contributed by atoms with van der Waals surface area (Å²) in [5, 5.41) is 6.03. The predicted molar refractivity (Wildman–Crippen MR) is 47.3 cm³/mol. The Morgan fingerprint density at radius 3 is 2.21 bits per heavy atom. The van der Waals surface area contributed by atoms with Crippen molar-refractivity contribution in [1.29, 1.82) is 0 Å². The summed E-state index contributed by atoms with van der Waals surface area (Å²) < 4.78 is 36.7. The van der Waals surface area contributed by atoms with Gasteiger partial charge in [-0.25, -0.2) is 0 Å². The first kappa shape index (κ1) is 11.7. The molecule has 0 bridgehead atoms. The van der Waals surface area contributed by atoms with E-state index >= 15 is 0 Å². The molecule has 0 aliphatic heterocycles. The van der Waals surface area contributed by atoms with Crippen molar-refractivity contribution in [3.8, 4) is 0 Å². The Hall–Kier alpha value is -0.390. The molecule has 0 spiro atoms. The average molecular weight is 228 g/mol. The number of rotatable bonds is 3. The number of carbonyl (C=O) groups is 1. The van der Waals surface area contributed by atoms with Gasteiger partial charge in [0.15, 0.2) is 5.25 Å². The van der Waals surface area contributed by atoms with E-state index in [1.165, 1.54) is 0 Å². The number of carboxylic acids is 1. The lowest BCUT2D eigenvalue weighted by atomic mass is 10.4. The van der Waals surface area contributed by atoms with Gasteiger partial charge in [-0.3, -0.25) is 4.79 Å². The molecular weight excluding hydrogens is 217 g/mol. The summed E-state index contributed by atoms with van der Waals surface area (Å²) in [6, 6.07) is 0. The fraction of sp³-hybridized carbons (Fsp3) is 0.875. The standard InChI is InChI=1S/C8H11F3O2S/c9-8(10,11)6(7(12)13)14-5-3-1-2-4-5/h5-6H,1-4H2,(H,12,13). The Balaban J connectivity index is 2.55. The van der Waals surface area contributed by atoms with Gasteiger partial charge in [-0.2, -0.15) is 13.2 Å². The second-order valence-electron chi connectivity index (χ2n) is 3.30. The zero-order valence-electron chi connectivity index (χ0n) is 7.38. The summed E-state index contributed by atoms with van der Waals surface area (Å²) in [6.45, 7) is 0. The number of alkyl halides is 3. The molecule has 2 nitrogen and oxygen atoms in total. The van der Waals surface area contributed by atoms with Gasteiger partial charge in [-0.05, 0) is 12.8 Å². The van der Waals surface area contributed by atoms with Crippen LogP contribution < -0.4 is 0 Å². The third-order valence-corrected chi connectivity index (χ3v) is 3.75. The molecule has 6 heteroatoms. The number of aliphatic carboxylic acids is 1. The predicted octanol–water partition coefficient (Wildman–Crippen LogP) is 2.68. The van der Waals surface area contributed by atoms with Gasteiger partial charge in [0.25, 0.3) is 0 Å². The Bertz CT molecular complexity index is 211. The van der Waals surface area contributed by atoms with E-state index < -0.39 is 17.4 Å². The summed E-state index contributed by atoms with van der Waals surface area (Å²) in [5.74, 6) is -1.78. The van der Waals surface area contributed by atoms with Crippen molar-refractivity contribution >= 4 is 17.7 Å². The molecule has 1 aliphatic rings. The molecule has 0 aromatic rings. The van der Waals surface area contributed by atoms with Crippen molar-refractivity contribution in [2.45, 2.75) is 42.4 Å². The van der Waals surface area contributed by atoms with Crippen molar-refractivity contribution in [2.24, 2.45) is 0 Å². The highest BCUT2D eigenvalue weighted by Crippen LogP contribution is 2.38. The van der Waals surface area contributed by atoms with Crippen LogP contribution in [0.5, 0.6) is 0 Å². The van der Waals surface area contributed by atoms with E-state index in [0.29, 0.717) is 24.6 Å². The number of thioether (sulfide) groups is 1. The minimum atomic E-state index is -4.64. The van der Waals surface area contributed by atoms with Crippen LogP contribution in [0.25, 0.3) is 0 Å². The molecule has 0 radical (unpaired) electrons. The molecule has 1 saturated carbocycles. The topological polar surface area (TPSA) is 37.3 Å². The first-order chi connectivity index (χ1) is 6.41. The van der Waals surface area contributed by atoms with E-state index in [2.05, 4.69) is 0 Å². The number of halogens is 3. The molecule has 82 valence electrons. The fourth-order valence-electron chi connectivity index (χ4n) is 1.49. The Morgan fingerprint density at radius 2 is 1.86 bits per heavy atom. The molecule has 1 N–H and O–H groups in total. The van der Waals surface area contributed by atoms with Gasteiger partial charge >= 0.3 is 12.1 Å². The van der Waals surface area contributed by atoms with Crippen LogP contribution in [0, 0.1) is 0 Å². The summed E-state index contributed by atoms with van der Waals surface area (Å²) >= 11 is 0.543. The highest BCUT2D eigenvalue weighted by molar-refractivity contribution is 8.01. The van der Waals surface area contributed by atoms with Crippen LogP contribution in [0.4, 0.5) is 13.2 Å². The monoisotopic (exact) mass is 228 g/mol. The molecule has 14 heavy (non-hydrogen) atoms. The highest BCUT2D eigenvalue weighted by Gasteiger charge is 2.47. The molecule has 0 aromatic carbocycles. The van der Waals surface area contributed by atoms with Crippen molar-refractivity contribution < 1.29 is 23.1 Å². The van der Waals surface area contributed by atoms with Crippen LogP contribution in [0.1, 0.15) is 25.7 Å². The van der Waals surface area contributed by atoms with Crippen molar-refractivity contribution in [2.75, 3.05) is 0 Å². The minimum Gasteiger partial charge on any atom is -0.480 e. The SMILES string of the molecule is O=C(O)C(SC1CCCC1)C(F)(F)F. The molecule has 1 unspecified atom stereocenters. The van der Waals surface area contributed by atoms with Crippen LogP contribution in [0.2, 0.25) is 0 Å². The van der Waals surface area contributed by atoms with Crippen LogP contribution in [0.3, 0.4) is 0 Å². The lowest BCUT2D eigenvalue weighted by Gasteiger charge is -2.18. The van der Waals surface area contributed by atoms with Crippen LogP contribution >= 0.6 is 11.8 Å². The Labute approximate surface area is 83.9 Å². The molecule has 1 atom stereocenters. The zero-order chi connectivity index (χ0) is 10.8. The zero-order valence-corrected chi connectivity index (χ0v) is 8.20. The molecule has 0 saturated heterocycles. The number of hydrogen-bond acceptors (Lipinski definition) is 2. The third-order valence-electron chi connectivity index (χ3n) is 2.15. The second-order valence-corrected chi connectivity index (χ2v) is 4.71. The van der Waals surface area contributed by atoms with E-state index in [1.807, 2.05) is 0 Å². The maximum Gasteiger partial charge on any atom is 0.411 e. The van der Waals surface area contributed by atoms with Gasteiger partial charge in [-0.15, -0.1) is 11.8 Å². The molecule has 1 aliphatic carbocycles. The largest absolute Gasteiger partial charge is 0.480 e. The van der Waals surface area contributed by atoms with Gasteiger partial charge in [0.1, 0.15) is 0 Å². The minimum absolute atomic E-state index is 0.141. The van der Waals surface area contributed by atoms with E-state index in [0.717, 1.165) is 12.8 Å². The Morgan fingerprint density at radius 1 is 1.36 bits per heavy atom. The lowest BCUT2D eigenvalue weighted by Crippen LogP contribution is -2.35. The molecule has 0 heterocycles. The molecule has 0 amide bonds. The quantitative estimate of drug-likeness (QED) is 0.806. The number of hydrogen-bond donors (Lipinski definition) is 1. The maximum atomic E-state index is 12.2. The van der Waals surface area contributed by atoms with Gasteiger partial charge in [0, 0.05) is 5.25 Å². The summed E-state index contributed by atoms with van der Waals surface area (Å²) in [4.78, 5) is 10.4. The lowest BCUT2D eigenvalue weighted by molar-refractivity contribution is -0.162. The summed E-state index contributed by atoms with van der Waals surface area (Å²) in [7, 11) is 0. The number of carboxylic acid groups (broad SMARTS) is 1. The van der Waals surface area contributed by atoms with E-state index in [9.17, 15) is 18.0 Å². The molecule has 1 fully saturated rings. The van der Waals surface area contributed by atoms with Gasteiger partial charge in [0.2, 0.25) is 0 Å². The fourth-order valence-corrected chi connectivity index (χ4v) is 2.75. The summed E-state index contributed by atoms with van der Waals surface area (Å²) in [5.41, 5.74) is 0. The van der Waals surface area contributed by atoms with Gasteiger partial charge in [0.05, 0.1) is 0 Å². The normalized spacial score (nSPS) is 21.1. The van der Waals surface area contributed by atoms with E-state index in [-0.39, 0.29) is 5.25 Å². The van der Waals surface area contributed by atoms with Crippen molar-refractivity contribution in [1.82, 2.24) is 0 Å². The first-order valence-corrected chi connectivity index (χ1v) is 5.30. The van der Waals surface area contributed by atoms with Gasteiger partial charge in [-0.1, -0.05) is 12.8 Å². The van der Waals surface area contributed by atoms with Gasteiger partial charge < -0.3 is 5.11 Å². The second kappa shape index (κ2) is 4.42. The van der Waals surface area contributed by atoms with Crippen LogP contribution in [-0.2, 0) is 4.79 Å². The summed E-state index contributed by atoms with van der Waals surface area (Å²) in [6.07, 6.45) is -1.43. The maximum absolute atomic E-state index is 12.2. The Kier molecular flexibility index (Phi) is 3.69. The van der Waals surface area contributed by atoms with Crippen LogP contribution in [0.15, 0.2) is 0 Å². The van der Waals surface area contributed by atoms with Crippen molar-refractivity contribution in [3.63, 3.8) is 0 Å². The average Bonchev–Trinajstić information content (AvgIpc) is 2.48. The first-order valence-electron chi connectivity index (χ1n) is 4.36. The molecule has 1 rings (SSSR count). The van der Waals surface area contributed by atoms with E-state index in [4.69, 9.17) is 5.11 Å². The smallest absolute Gasteiger partial charge is 0.411 e.